The zero-order chi connectivity index (χ0) is 17.0. The van der Waals surface area contributed by atoms with Crippen LogP contribution < -0.4 is 11.1 Å². The summed E-state index contributed by atoms with van der Waals surface area (Å²) in [5.74, 6) is -1.93. The standard InChI is InChI=1S/C15H13ClN2O4S/c1-8(13(17)19)22-15(21)10-5-4-9(16)7-11(10)18-14(20)12-3-2-6-23-12/h2-8H,1H3,(H2,17,19)(H,18,20)/t8-/m1/s1. The highest BCUT2D eigenvalue weighted by atomic mass is 35.5. The maximum absolute atomic E-state index is 12.1. The van der Waals surface area contributed by atoms with Crippen LogP contribution in [-0.2, 0) is 9.53 Å². The molecule has 0 aliphatic heterocycles. The van der Waals surface area contributed by atoms with E-state index in [4.69, 9.17) is 22.1 Å². The number of halogens is 1. The molecule has 8 heteroatoms. The van der Waals surface area contributed by atoms with Gasteiger partial charge in [0.15, 0.2) is 6.10 Å². The number of hydrogen-bond acceptors (Lipinski definition) is 5. The molecule has 0 fully saturated rings. The summed E-state index contributed by atoms with van der Waals surface area (Å²) in [7, 11) is 0. The van der Waals surface area contributed by atoms with Crippen molar-refractivity contribution in [3.63, 3.8) is 0 Å². The van der Waals surface area contributed by atoms with Crippen molar-refractivity contribution in [2.75, 3.05) is 5.32 Å². The summed E-state index contributed by atoms with van der Waals surface area (Å²) in [6.07, 6.45) is -1.08. The van der Waals surface area contributed by atoms with Gasteiger partial charge in [-0.05, 0) is 36.6 Å². The molecule has 0 radical (unpaired) electrons. The zero-order valence-corrected chi connectivity index (χ0v) is 13.6. The molecule has 0 aliphatic rings. The van der Waals surface area contributed by atoms with Crippen LogP contribution in [0.15, 0.2) is 35.7 Å². The number of thiophene rings is 1. The van der Waals surface area contributed by atoms with Crippen molar-refractivity contribution in [3.8, 4) is 0 Å². The van der Waals surface area contributed by atoms with Crippen LogP contribution in [0.2, 0.25) is 5.02 Å². The van der Waals surface area contributed by atoms with E-state index in [-0.39, 0.29) is 17.2 Å². The van der Waals surface area contributed by atoms with Gasteiger partial charge in [-0.25, -0.2) is 4.79 Å². The van der Waals surface area contributed by atoms with Gasteiger partial charge >= 0.3 is 5.97 Å². The second-order valence-corrected chi connectivity index (χ2v) is 5.96. The highest BCUT2D eigenvalue weighted by Crippen LogP contribution is 2.23. The lowest BCUT2D eigenvalue weighted by atomic mass is 10.1. The third kappa shape index (κ3) is 4.30. The fourth-order valence-corrected chi connectivity index (χ4v) is 2.46. The largest absolute Gasteiger partial charge is 0.449 e. The smallest absolute Gasteiger partial charge is 0.341 e. The fourth-order valence-electron chi connectivity index (χ4n) is 1.67. The molecule has 0 bridgehead atoms. The van der Waals surface area contributed by atoms with Crippen molar-refractivity contribution in [2.24, 2.45) is 5.73 Å². The van der Waals surface area contributed by atoms with Crippen LogP contribution in [0.4, 0.5) is 5.69 Å². The van der Waals surface area contributed by atoms with E-state index in [1.54, 1.807) is 17.5 Å². The Bertz CT molecular complexity index is 746. The number of ether oxygens (including phenoxy) is 1. The Hall–Kier alpha value is -2.38. The van der Waals surface area contributed by atoms with Crippen molar-refractivity contribution in [2.45, 2.75) is 13.0 Å². The first-order valence-electron chi connectivity index (χ1n) is 6.53. The monoisotopic (exact) mass is 352 g/mol. The van der Waals surface area contributed by atoms with Crippen LogP contribution in [0.3, 0.4) is 0 Å². The quantitative estimate of drug-likeness (QED) is 0.808. The van der Waals surface area contributed by atoms with Crippen molar-refractivity contribution >= 4 is 46.4 Å². The molecule has 1 heterocycles. The Balaban J connectivity index is 2.25. The summed E-state index contributed by atoms with van der Waals surface area (Å²) in [6.45, 7) is 1.36. The fraction of sp³-hybridized carbons (Fsp3) is 0.133. The first kappa shape index (κ1) is 17.0. The molecule has 120 valence electrons. The van der Waals surface area contributed by atoms with Gasteiger partial charge in [-0.1, -0.05) is 17.7 Å². The van der Waals surface area contributed by atoms with Crippen LogP contribution in [0.5, 0.6) is 0 Å². The minimum atomic E-state index is -1.08. The molecule has 3 N–H and O–H groups in total. The Morgan fingerprint density at radius 3 is 2.65 bits per heavy atom. The molecule has 0 spiro atoms. The zero-order valence-electron chi connectivity index (χ0n) is 12.0. The average Bonchev–Trinajstić information content (AvgIpc) is 3.01. The Morgan fingerprint density at radius 1 is 1.30 bits per heavy atom. The third-order valence-corrected chi connectivity index (χ3v) is 3.98. The molecule has 1 atom stereocenters. The van der Waals surface area contributed by atoms with Crippen LogP contribution in [0.1, 0.15) is 27.0 Å². The van der Waals surface area contributed by atoms with Crippen molar-refractivity contribution in [3.05, 3.63) is 51.2 Å². The van der Waals surface area contributed by atoms with Crippen LogP contribution in [-0.4, -0.2) is 23.9 Å². The Morgan fingerprint density at radius 2 is 2.04 bits per heavy atom. The highest BCUT2D eigenvalue weighted by molar-refractivity contribution is 7.12. The summed E-state index contributed by atoms with van der Waals surface area (Å²) < 4.78 is 4.95. The lowest BCUT2D eigenvalue weighted by Gasteiger charge is -2.13. The Labute approximate surface area is 141 Å². The molecule has 23 heavy (non-hydrogen) atoms. The summed E-state index contributed by atoms with van der Waals surface area (Å²) >= 11 is 7.17. The number of benzene rings is 1. The van der Waals surface area contributed by atoms with Gasteiger partial charge in [-0.2, -0.15) is 0 Å². The van der Waals surface area contributed by atoms with E-state index in [2.05, 4.69) is 5.32 Å². The van der Waals surface area contributed by atoms with Gasteiger partial charge < -0.3 is 15.8 Å². The summed E-state index contributed by atoms with van der Waals surface area (Å²) in [5, 5.41) is 4.71. The van der Waals surface area contributed by atoms with Gasteiger partial charge in [0.2, 0.25) is 0 Å². The molecular weight excluding hydrogens is 340 g/mol. The number of primary amides is 1. The summed E-state index contributed by atoms with van der Waals surface area (Å²) in [4.78, 5) is 35.7. The number of anilines is 1. The first-order chi connectivity index (χ1) is 10.9. The normalized spacial score (nSPS) is 11.6. The number of rotatable bonds is 5. The lowest BCUT2D eigenvalue weighted by Crippen LogP contribution is -2.30. The van der Waals surface area contributed by atoms with E-state index in [1.807, 2.05) is 0 Å². The maximum atomic E-state index is 12.1. The predicted molar refractivity (Wildman–Crippen MR) is 87.8 cm³/mol. The molecule has 1 aromatic heterocycles. The van der Waals surface area contributed by atoms with Crippen molar-refractivity contribution < 1.29 is 19.1 Å². The number of nitrogens with two attached hydrogens (primary N) is 1. The van der Waals surface area contributed by atoms with Crippen LogP contribution >= 0.6 is 22.9 Å². The topological polar surface area (TPSA) is 98.5 Å². The van der Waals surface area contributed by atoms with E-state index in [0.717, 1.165) is 0 Å². The molecule has 2 rings (SSSR count). The molecule has 0 saturated heterocycles. The molecule has 2 amide bonds. The van der Waals surface area contributed by atoms with Gasteiger partial charge in [-0.3, -0.25) is 9.59 Å². The van der Waals surface area contributed by atoms with Crippen LogP contribution in [0, 0.1) is 0 Å². The molecule has 6 nitrogen and oxygen atoms in total. The van der Waals surface area contributed by atoms with Crippen molar-refractivity contribution in [1.29, 1.82) is 0 Å². The van der Waals surface area contributed by atoms with Gasteiger partial charge in [0.1, 0.15) is 0 Å². The summed E-state index contributed by atoms with van der Waals surface area (Å²) in [6, 6.07) is 7.70. The average molecular weight is 353 g/mol. The second kappa shape index (κ2) is 7.26. The number of nitrogens with one attached hydrogen (secondary N) is 1. The Kier molecular flexibility index (Phi) is 5.36. The minimum absolute atomic E-state index is 0.0763. The van der Waals surface area contributed by atoms with Gasteiger partial charge in [-0.15, -0.1) is 11.3 Å². The highest BCUT2D eigenvalue weighted by Gasteiger charge is 2.20. The van der Waals surface area contributed by atoms with Crippen molar-refractivity contribution in [1.82, 2.24) is 0 Å². The molecule has 0 saturated carbocycles. The lowest BCUT2D eigenvalue weighted by molar-refractivity contribution is -0.125. The first-order valence-corrected chi connectivity index (χ1v) is 7.79. The van der Waals surface area contributed by atoms with Gasteiger partial charge in [0.05, 0.1) is 16.1 Å². The van der Waals surface area contributed by atoms with E-state index in [1.165, 1.54) is 36.5 Å². The number of amides is 2. The SMILES string of the molecule is C[C@@H](OC(=O)c1ccc(Cl)cc1NC(=O)c1cccs1)C(N)=O. The van der Waals surface area contributed by atoms with Crippen LogP contribution in [0.25, 0.3) is 0 Å². The number of carbonyl (C=O) groups excluding carboxylic acids is 3. The second-order valence-electron chi connectivity index (χ2n) is 4.57. The van der Waals surface area contributed by atoms with Gasteiger partial charge in [0, 0.05) is 5.02 Å². The molecular formula is C15H13ClN2O4S. The van der Waals surface area contributed by atoms with E-state index in [0.29, 0.717) is 9.90 Å². The number of carbonyl (C=O) groups is 3. The number of esters is 1. The van der Waals surface area contributed by atoms with E-state index < -0.39 is 18.0 Å². The molecule has 0 unspecified atom stereocenters. The minimum Gasteiger partial charge on any atom is -0.449 e. The molecule has 2 aromatic rings. The van der Waals surface area contributed by atoms with Gasteiger partial charge in [0.25, 0.3) is 11.8 Å². The molecule has 0 aliphatic carbocycles. The number of hydrogen-bond donors (Lipinski definition) is 2. The maximum Gasteiger partial charge on any atom is 0.341 e. The van der Waals surface area contributed by atoms with E-state index in [9.17, 15) is 14.4 Å². The molecule has 1 aromatic carbocycles. The third-order valence-electron chi connectivity index (χ3n) is 2.88. The summed E-state index contributed by atoms with van der Waals surface area (Å²) in [5.41, 5.74) is 5.33. The van der Waals surface area contributed by atoms with E-state index >= 15 is 0 Å². The predicted octanol–water partition coefficient (Wildman–Crippen LogP) is 2.68.